The molecule has 1 rings (SSSR count). The van der Waals surface area contributed by atoms with Gasteiger partial charge in [0, 0.05) is 7.11 Å². The molecule has 0 radical (unpaired) electrons. The second-order valence-electron chi connectivity index (χ2n) is 10.2. The topological polar surface area (TPSA) is 63.2 Å². The summed E-state index contributed by atoms with van der Waals surface area (Å²) in [5, 5.41) is 0. The van der Waals surface area contributed by atoms with Gasteiger partial charge in [0.05, 0.1) is 18.8 Å². The number of rotatable bonds is 17. The van der Waals surface area contributed by atoms with E-state index in [1.807, 2.05) is 6.08 Å². The van der Waals surface area contributed by atoms with E-state index in [0.29, 0.717) is 5.57 Å². The van der Waals surface area contributed by atoms with E-state index in [1.165, 1.54) is 7.11 Å². The molecule has 9 heteroatoms. The normalized spacial score (nSPS) is 23.5. The highest BCUT2D eigenvalue weighted by Crippen LogP contribution is 2.39. The molecule has 0 saturated carbocycles. The van der Waals surface area contributed by atoms with Crippen molar-refractivity contribution in [3.63, 3.8) is 0 Å². The quantitative estimate of drug-likeness (QED) is 0.137. The number of hydrogen-bond donors (Lipinski definition) is 0. The molecule has 0 spiro atoms. The summed E-state index contributed by atoms with van der Waals surface area (Å²) in [6.45, 7) is 20.2. The molecule has 0 fully saturated rings. The Morgan fingerprint density at radius 2 is 1.00 bits per heavy atom. The smallest absolute Gasteiger partial charge is 0.336 e. The van der Waals surface area contributed by atoms with Crippen LogP contribution in [0.5, 0.6) is 0 Å². The Balaban J connectivity index is 3.84. The van der Waals surface area contributed by atoms with Crippen molar-refractivity contribution < 1.29 is 27.5 Å². The molecule has 0 unspecified atom stereocenters. The van der Waals surface area contributed by atoms with Gasteiger partial charge in [-0.2, -0.15) is 0 Å². The molecule has 4 atom stereocenters. The van der Waals surface area contributed by atoms with E-state index in [9.17, 15) is 4.79 Å². The van der Waals surface area contributed by atoms with Gasteiger partial charge in [-0.15, -0.1) is 0 Å². The summed E-state index contributed by atoms with van der Waals surface area (Å²) in [5.74, 6) is -0.374. The minimum Gasteiger partial charge on any atom is -0.466 e. The predicted molar refractivity (Wildman–Crippen MR) is 157 cm³/mol. The van der Waals surface area contributed by atoms with Gasteiger partial charge >= 0.3 is 5.97 Å². The van der Waals surface area contributed by atoms with Crippen LogP contribution in [0.2, 0.25) is 54.4 Å². The third-order valence-corrected chi connectivity index (χ3v) is 23.1. The van der Waals surface area contributed by atoms with Crippen LogP contribution in [0.4, 0.5) is 0 Å². The van der Waals surface area contributed by atoms with E-state index in [-0.39, 0.29) is 18.2 Å². The number of ether oxygens (including phenoxy) is 2. The molecule has 1 aliphatic carbocycles. The molecule has 0 aliphatic heterocycles. The van der Waals surface area contributed by atoms with Crippen LogP contribution in [0, 0.1) is 0 Å². The Hall–Kier alpha value is -0.299. The van der Waals surface area contributed by atoms with E-state index < -0.39 is 37.2 Å². The van der Waals surface area contributed by atoms with Crippen molar-refractivity contribution in [1.29, 1.82) is 0 Å². The second kappa shape index (κ2) is 15.3. The summed E-state index contributed by atoms with van der Waals surface area (Å²) < 4.78 is 32.8. The van der Waals surface area contributed by atoms with Crippen LogP contribution in [0.25, 0.3) is 0 Å². The molecule has 212 valence electrons. The van der Waals surface area contributed by atoms with Crippen LogP contribution in [-0.4, -0.2) is 69.6 Å². The molecule has 0 amide bonds. The van der Waals surface area contributed by atoms with Crippen molar-refractivity contribution in [2.75, 3.05) is 14.2 Å². The highest BCUT2D eigenvalue weighted by molar-refractivity contribution is 6.74. The maximum atomic E-state index is 13.0. The van der Waals surface area contributed by atoms with Gasteiger partial charge in [-0.3, -0.25) is 0 Å². The molecule has 36 heavy (non-hydrogen) atoms. The maximum Gasteiger partial charge on any atom is 0.336 e. The van der Waals surface area contributed by atoms with Crippen molar-refractivity contribution in [1.82, 2.24) is 0 Å². The molecular formula is C27H56O6Si3. The van der Waals surface area contributed by atoms with E-state index >= 15 is 0 Å². The van der Waals surface area contributed by atoms with Crippen LogP contribution >= 0.6 is 0 Å². The summed E-state index contributed by atoms with van der Waals surface area (Å²) >= 11 is 0. The Morgan fingerprint density at radius 3 is 1.33 bits per heavy atom. The van der Waals surface area contributed by atoms with Crippen LogP contribution in [0.3, 0.4) is 0 Å². The molecule has 0 bridgehead atoms. The Morgan fingerprint density at radius 1 is 0.639 bits per heavy atom. The summed E-state index contributed by atoms with van der Waals surface area (Å²) in [6, 6.07) is 9.23. The molecule has 0 aromatic rings. The average Bonchev–Trinajstić information content (AvgIpc) is 2.93. The lowest BCUT2D eigenvalue weighted by Gasteiger charge is -2.49. The zero-order chi connectivity index (χ0) is 27.6. The van der Waals surface area contributed by atoms with Gasteiger partial charge < -0.3 is 22.8 Å². The third-order valence-electron chi connectivity index (χ3n) is 9.23. The first-order chi connectivity index (χ1) is 17.1. The molecule has 0 saturated heterocycles. The van der Waals surface area contributed by atoms with Crippen molar-refractivity contribution in [2.45, 2.75) is 141 Å². The lowest BCUT2D eigenvalue weighted by atomic mass is 9.89. The predicted octanol–water partition coefficient (Wildman–Crippen LogP) is 7.29. The molecular weight excluding hydrogens is 505 g/mol. The van der Waals surface area contributed by atoms with Crippen molar-refractivity contribution >= 4 is 30.9 Å². The molecule has 0 N–H and O–H groups in total. The molecule has 1 aliphatic rings. The summed E-state index contributed by atoms with van der Waals surface area (Å²) in [4.78, 5) is 13.0. The minimum atomic E-state index is -2.07. The van der Waals surface area contributed by atoms with E-state index in [1.54, 1.807) is 7.11 Å². The van der Waals surface area contributed by atoms with Crippen molar-refractivity contribution in [2.24, 2.45) is 0 Å². The minimum absolute atomic E-state index is 0.303. The van der Waals surface area contributed by atoms with Crippen molar-refractivity contribution in [3.05, 3.63) is 11.6 Å². The van der Waals surface area contributed by atoms with Crippen LogP contribution in [-0.2, 0) is 27.5 Å². The van der Waals surface area contributed by atoms with Crippen LogP contribution in [0.1, 0.15) is 62.3 Å². The Kier molecular flexibility index (Phi) is 14.4. The molecule has 0 heterocycles. The van der Waals surface area contributed by atoms with Gasteiger partial charge in [0.2, 0.25) is 0 Å². The van der Waals surface area contributed by atoms with Crippen LogP contribution in [0.15, 0.2) is 11.6 Å². The molecule has 6 nitrogen and oxygen atoms in total. The standard InChI is InChI=1S/C27H56O6Si3/c1-12-34(13-2,14-3)31-23-21-22(27(28)30-11)24(29-10)26(33-36(18-7,19-8)20-9)25(23)32-35(15-4,16-5)17-6/h21,23-26H,12-20H2,1-11H3/t23-,24+,25-,26+/m0/s1. The second-order valence-corrected chi connectivity index (χ2v) is 24.4. The Labute approximate surface area is 225 Å². The third kappa shape index (κ3) is 7.42. The largest absolute Gasteiger partial charge is 0.466 e. The SMILES string of the molecule is CC[Si](CC)(CC)O[C@@H]1[C@H](O[Si](CC)(CC)CC)[C@H](OC)C(C(=O)OC)=C[C@@H]1O[Si](CC)(CC)CC. The molecule has 0 aromatic heterocycles. The Bertz CT molecular complexity index is 664. The van der Waals surface area contributed by atoms with E-state index in [0.717, 1.165) is 54.4 Å². The molecule has 0 aromatic carbocycles. The lowest BCUT2D eigenvalue weighted by Crippen LogP contribution is -2.62. The first-order valence-corrected chi connectivity index (χ1v) is 22.1. The fraction of sp³-hybridized carbons (Fsp3) is 0.889. The van der Waals surface area contributed by atoms with Crippen LogP contribution < -0.4 is 0 Å². The summed E-state index contributed by atoms with van der Waals surface area (Å²) in [6.07, 6.45) is 0.357. The van der Waals surface area contributed by atoms with Crippen molar-refractivity contribution in [3.8, 4) is 0 Å². The van der Waals surface area contributed by atoms with Gasteiger partial charge in [0.1, 0.15) is 18.3 Å². The zero-order valence-electron chi connectivity index (χ0n) is 25.2. The lowest BCUT2D eigenvalue weighted by molar-refractivity contribution is -0.141. The zero-order valence-corrected chi connectivity index (χ0v) is 28.2. The fourth-order valence-corrected chi connectivity index (χ4v) is 14.2. The van der Waals surface area contributed by atoms with Gasteiger partial charge in [0.25, 0.3) is 0 Å². The van der Waals surface area contributed by atoms with E-state index in [2.05, 4.69) is 62.3 Å². The maximum absolute atomic E-state index is 13.0. The first-order valence-electron chi connectivity index (χ1n) is 14.5. The van der Waals surface area contributed by atoms with E-state index in [4.69, 9.17) is 22.8 Å². The first kappa shape index (κ1) is 33.7. The number of esters is 1. The van der Waals surface area contributed by atoms with Gasteiger partial charge in [-0.05, 0) is 60.5 Å². The van der Waals surface area contributed by atoms with Gasteiger partial charge in [-0.1, -0.05) is 62.3 Å². The monoisotopic (exact) mass is 560 g/mol. The summed E-state index contributed by atoms with van der Waals surface area (Å²) in [5.41, 5.74) is 0.504. The highest BCUT2D eigenvalue weighted by Gasteiger charge is 2.51. The van der Waals surface area contributed by atoms with Gasteiger partial charge in [-0.25, -0.2) is 4.79 Å². The number of carbonyl (C=O) groups excluding carboxylic acids is 1. The average molecular weight is 561 g/mol. The summed E-state index contributed by atoms with van der Waals surface area (Å²) in [7, 11) is -3.02. The van der Waals surface area contributed by atoms with Gasteiger partial charge in [0.15, 0.2) is 25.0 Å². The number of hydrogen-bond acceptors (Lipinski definition) is 6. The number of methoxy groups -OCH3 is 2. The number of carbonyl (C=O) groups is 1. The highest BCUT2D eigenvalue weighted by atomic mass is 28.4. The fourth-order valence-electron chi connectivity index (χ4n) is 5.70.